The van der Waals surface area contributed by atoms with E-state index in [0.29, 0.717) is 31.0 Å². The minimum absolute atomic E-state index is 0.0858. The van der Waals surface area contributed by atoms with Crippen LogP contribution in [0.2, 0.25) is 0 Å². The zero-order chi connectivity index (χ0) is 16.4. The molecule has 0 aliphatic carbocycles. The third-order valence-corrected chi connectivity index (χ3v) is 5.19. The van der Waals surface area contributed by atoms with Gasteiger partial charge in [0.15, 0.2) is 0 Å². The van der Waals surface area contributed by atoms with Gasteiger partial charge in [-0.3, -0.25) is 0 Å². The average Bonchev–Trinajstić information content (AvgIpc) is 2.76. The molecular weight excluding hydrogens is 327 g/mol. The van der Waals surface area contributed by atoms with Crippen LogP contribution in [0.25, 0.3) is 0 Å². The van der Waals surface area contributed by atoms with Gasteiger partial charge in [0.25, 0.3) is 0 Å². The van der Waals surface area contributed by atoms with Gasteiger partial charge in [-0.25, -0.2) is 4.79 Å². The summed E-state index contributed by atoms with van der Waals surface area (Å²) in [6.45, 7) is 3.47. The second-order valence-electron chi connectivity index (χ2n) is 5.58. The monoisotopic (exact) mass is 345 g/mol. The van der Waals surface area contributed by atoms with E-state index in [4.69, 9.17) is 0 Å². The van der Waals surface area contributed by atoms with E-state index in [1.165, 1.54) is 17.8 Å². The summed E-state index contributed by atoms with van der Waals surface area (Å²) in [5.41, 5.74) is -0.0257. The zero-order valence-corrected chi connectivity index (χ0v) is 13.3. The Kier molecular flexibility index (Phi) is 4.72. The molecule has 4 nitrogen and oxygen atoms in total. The number of piperazine rings is 1. The van der Waals surface area contributed by atoms with Crippen LogP contribution in [0, 0.1) is 0 Å². The van der Waals surface area contributed by atoms with E-state index in [9.17, 15) is 18.0 Å². The molecule has 0 radical (unpaired) electrons. The molecule has 1 aromatic carbocycles. The molecule has 0 aromatic heterocycles. The first-order valence-electron chi connectivity index (χ1n) is 7.53. The number of nitrogens with one attached hydrogen (secondary N) is 1. The Morgan fingerprint density at radius 1 is 1.13 bits per heavy atom. The van der Waals surface area contributed by atoms with Crippen LogP contribution in [0.4, 0.5) is 18.0 Å². The molecule has 2 heterocycles. The van der Waals surface area contributed by atoms with Crippen molar-refractivity contribution < 1.29 is 18.0 Å². The molecule has 1 fully saturated rings. The van der Waals surface area contributed by atoms with E-state index in [1.54, 1.807) is 15.9 Å². The molecule has 0 atom stereocenters. The molecule has 2 aliphatic rings. The zero-order valence-electron chi connectivity index (χ0n) is 12.5. The highest BCUT2D eigenvalue weighted by atomic mass is 32.2. The second kappa shape index (κ2) is 6.60. The lowest BCUT2D eigenvalue weighted by atomic mass is 10.1. The molecule has 0 saturated carbocycles. The lowest BCUT2D eigenvalue weighted by Gasteiger charge is -2.32. The maximum Gasteiger partial charge on any atom is 0.417 e. The van der Waals surface area contributed by atoms with Gasteiger partial charge in [0, 0.05) is 49.9 Å². The van der Waals surface area contributed by atoms with Gasteiger partial charge in [0.2, 0.25) is 0 Å². The first-order chi connectivity index (χ1) is 11.0. The highest BCUT2D eigenvalue weighted by molar-refractivity contribution is 7.99. The van der Waals surface area contributed by atoms with Crippen molar-refractivity contribution in [3.05, 3.63) is 29.3 Å². The Morgan fingerprint density at radius 2 is 1.87 bits per heavy atom. The summed E-state index contributed by atoms with van der Waals surface area (Å²) in [6, 6.07) is 4.12. The van der Waals surface area contributed by atoms with Gasteiger partial charge in [-0.2, -0.15) is 13.2 Å². The van der Waals surface area contributed by atoms with E-state index in [0.717, 1.165) is 19.2 Å². The van der Waals surface area contributed by atoms with Gasteiger partial charge in [-0.1, -0.05) is 12.1 Å². The number of carbonyl (C=O) groups excluding carboxylic acids is 1. The summed E-state index contributed by atoms with van der Waals surface area (Å²) in [6.07, 6.45) is -4.37. The van der Waals surface area contributed by atoms with Crippen LogP contribution >= 0.6 is 11.8 Å². The highest BCUT2D eigenvalue weighted by Gasteiger charge is 2.35. The molecule has 0 spiro atoms. The van der Waals surface area contributed by atoms with Crippen molar-refractivity contribution >= 4 is 17.8 Å². The summed E-state index contributed by atoms with van der Waals surface area (Å²) in [4.78, 5) is 16.3. The fourth-order valence-electron chi connectivity index (χ4n) is 2.86. The molecule has 3 rings (SSSR count). The minimum Gasteiger partial charge on any atom is -0.322 e. The van der Waals surface area contributed by atoms with E-state index in [1.807, 2.05) is 0 Å². The van der Waals surface area contributed by atoms with Gasteiger partial charge >= 0.3 is 12.2 Å². The molecule has 2 amide bonds. The van der Waals surface area contributed by atoms with Gasteiger partial charge < -0.3 is 15.1 Å². The number of alkyl halides is 3. The number of halogens is 3. The third-order valence-electron chi connectivity index (χ3n) is 4.03. The molecule has 1 N–H and O–H groups in total. The predicted octanol–water partition coefficient (Wildman–Crippen LogP) is 2.64. The predicted molar refractivity (Wildman–Crippen MR) is 82.4 cm³/mol. The van der Waals surface area contributed by atoms with E-state index < -0.39 is 11.7 Å². The molecule has 0 unspecified atom stereocenters. The number of hydrogen-bond acceptors (Lipinski definition) is 3. The Balaban J connectivity index is 1.82. The van der Waals surface area contributed by atoms with Crippen molar-refractivity contribution in [3.8, 4) is 0 Å². The molecule has 8 heteroatoms. The lowest BCUT2D eigenvalue weighted by Crippen LogP contribution is -2.51. The second-order valence-corrected chi connectivity index (χ2v) is 6.69. The average molecular weight is 345 g/mol. The number of rotatable bonds is 0. The topological polar surface area (TPSA) is 35.6 Å². The van der Waals surface area contributed by atoms with Crippen LogP contribution in [0.5, 0.6) is 0 Å². The Bertz CT molecular complexity index is 588. The van der Waals surface area contributed by atoms with Crippen LogP contribution < -0.4 is 5.32 Å². The third kappa shape index (κ3) is 3.58. The van der Waals surface area contributed by atoms with Crippen LogP contribution in [0.3, 0.4) is 0 Å². The molecule has 126 valence electrons. The normalized spacial score (nSPS) is 19.3. The first-order valence-corrected chi connectivity index (χ1v) is 8.52. The summed E-state index contributed by atoms with van der Waals surface area (Å²) < 4.78 is 39.4. The number of urea groups is 1. The van der Waals surface area contributed by atoms with Crippen molar-refractivity contribution in [1.29, 1.82) is 0 Å². The SMILES string of the molecule is O=C(N1CCNCC1)N1CCSc2c(cccc2C(F)(F)F)C1. The summed E-state index contributed by atoms with van der Waals surface area (Å²) in [7, 11) is 0. The van der Waals surface area contributed by atoms with Crippen LogP contribution in [-0.4, -0.2) is 54.3 Å². The number of benzene rings is 1. The molecule has 2 aliphatic heterocycles. The fraction of sp³-hybridized carbons (Fsp3) is 0.533. The van der Waals surface area contributed by atoms with E-state index >= 15 is 0 Å². The first kappa shape index (κ1) is 16.4. The van der Waals surface area contributed by atoms with E-state index in [2.05, 4.69) is 5.32 Å². The number of amides is 2. The maximum absolute atomic E-state index is 13.1. The fourth-order valence-corrected chi connectivity index (χ4v) is 4.04. The Labute approximate surface area is 137 Å². The number of hydrogen-bond donors (Lipinski definition) is 1. The van der Waals surface area contributed by atoms with E-state index in [-0.39, 0.29) is 17.5 Å². The number of nitrogens with zero attached hydrogens (tertiary/aromatic N) is 2. The quantitative estimate of drug-likeness (QED) is 0.785. The highest BCUT2D eigenvalue weighted by Crippen LogP contribution is 2.40. The van der Waals surface area contributed by atoms with Gasteiger partial charge in [0.05, 0.1) is 5.56 Å². The maximum atomic E-state index is 13.1. The summed E-state index contributed by atoms with van der Waals surface area (Å²) in [5.74, 6) is 0.470. The minimum atomic E-state index is -4.37. The largest absolute Gasteiger partial charge is 0.417 e. The molecule has 0 bridgehead atoms. The summed E-state index contributed by atoms with van der Waals surface area (Å²) >= 11 is 1.19. The number of carbonyl (C=O) groups is 1. The van der Waals surface area contributed by atoms with Gasteiger partial charge in [-0.15, -0.1) is 11.8 Å². The molecule has 23 heavy (non-hydrogen) atoms. The summed E-state index contributed by atoms with van der Waals surface area (Å²) in [5, 5.41) is 3.18. The van der Waals surface area contributed by atoms with Crippen LogP contribution in [-0.2, 0) is 12.7 Å². The Hall–Kier alpha value is -1.41. The van der Waals surface area contributed by atoms with Gasteiger partial charge in [-0.05, 0) is 11.6 Å². The van der Waals surface area contributed by atoms with Gasteiger partial charge in [0.1, 0.15) is 0 Å². The molecule has 1 saturated heterocycles. The van der Waals surface area contributed by atoms with Crippen molar-refractivity contribution in [2.24, 2.45) is 0 Å². The van der Waals surface area contributed by atoms with Crippen molar-refractivity contribution in [1.82, 2.24) is 15.1 Å². The number of thioether (sulfide) groups is 1. The lowest BCUT2D eigenvalue weighted by molar-refractivity contribution is -0.139. The number of fused-ring (bicyclic) bond motifs is 1. The van der Waals surface area contributed by atoms with Crippen LogP contribution in [0.1, 0.15) is 11.1 Å². The molecule has 1 aromatic rings. The Morgan fingerprint density at radius 3 is 2.57 bits per heavy atom. The van der Waals surface area contributed by atoms with Crippen LogP contribution in [0.15, 0.2) is 23.1 Å². The smallest absolute Gasteiger partial charge is 0.322 e. The standard InChI is InChI=1S/C15H18F3N3OS/c16-15(17,18)12-3-1-2-11-10-21(8-9-23-13(11)12)14(22)20-6-4-19-5-7-20/h1-3,19H,4-10H2. The van der Waals surface area contributed by atoms with Crippen molar-refractivity contribution in [2.75, 3.05) is 38.5 Å². The van der Waals surface area contributed by atoms with Crippen molar-refractivity contribution in [2.45, 2.75) is 17.6 Å². The molecular formula is C15H18F3N3OS. The van der Waals surface area contributed by atoms with Crippen molar-refractivity contribution in [3.63, 3.8) is 0 Å².